The van der Waals surface area contributed by atoms with Crippen LogP contribution in [-0.2, 0) is 11.3 Å². The van der Waals surface area contributed by atoms with Crippen LogP contribution in [0.25, 0.3) is 0 Å². The maximum atomic E-state index is 11.2. The van der Waals surface area contributed by atoms with E-state index in [4.69, 9.17) is 5.73 Å². The lowest BCUT2D eigenvalue weighted by atomic mass is 10.3. The molecule has 2 rings (SSSR count). The normalized spacial score (nSPS) is 16.6. The van der Waals surface area contributed by atoms with Gasteiger partial charge in [0.2, 0.25) is 5.91 Å². The molecule has 1 saturated heterocycles. The van der Waals surface area contributed by atoms with Crippen molar-refractivity contribution < 1.29 is 4.79 Å². The second kappa shape index (κ2) is 4.80. The first kappa shape index (κ1) is 11.3. The molecule has 1 aromatic heterocycles. The number of carbonyl (C=O) groups excluding carboxylic acids is 1. The summed E-state index contributed by atoms with van der Waals surface area (Å²) in [5, 5.41) is 3.01. The molecule has 0 saturated carbocycles. The Morgan fingerprint density at radius 2 is 2.19 bits per heavy atom. The molecule has 1 aromatic rings. The smallest absolute Gasteiger partial charge is 0.219 e. The van der Waals surface area contributed by atoms with Crippen molar-refractivity contribution in [3.05, 3.63) is 11.1 Å². The molecule has 2 N–H and O–H groups in total. The van der Waals surface area contributed by atoms with Crippen LogP contribution in [0.5, 0.6) is 0 Å². The Kier molecular flexibility index (Phi) is 3.40. The summed E-state index contributed by atoms with van der Waals surface area (Å²) in [6, 6.07) is 0. The maximum Gasteiger partial charge on any atom is 0.219 e. The number of hydrogen-bond donors (Lipinski definition) is 1. The number of nitrogens with zero attached hydrogens (tertiary/aromatic N) is 3. The largest absolute Gasteiger partial charge is 0.345 e. The van der Waals surface area contributed by atoms with Gasteiger partial charge in [-0.15, -0.1) is 11.3 Å². The predicted octanol–water partition coefficient (Wildman–Crippen LogP) is 0.270. The average molecular weight is 240 g/mol. The topological polar surface area (TPSA) is 62.5 Å². The molecule has 0 bridgehead atoms. The molecule has 6 heteroatoms. The van der Waals surface area contributed by atoms with Gasteiger partial charge in [-0.2, -0.15) is 0 Å². The van der Waals surface area contributed by atoms with Crippen molar-refractivity contribution in [2.24, 2.45) is 5.73 Å². The monoisotopic (exact) mass is 240 g/mol. The maximum absolute atomic E-state index is 11.2. The van der Waals surface area contributed by atoms with Gasteiger partial charge in [0.15, 0.2) is 5.13 Å². The van der Waals surface area contributed by atoms with E-state index in [0.29, 0.717) is 6.54 Å². The van der Waals surface area contributed by atoms with Crippen molar-refractivity contribution in [2.45, 2.75) is 13.5 Å². The number of aromatic nitrogens is 1. The van der Waals surface area contributed by atoms with Crippen molar-refractivity contribution in [3.8, 4) is 0 Å². The van der Waals surface area contributed by atoms with Crippen LogP contribution in [0.4, 0.5) is 5.13 Å². The van der Waals surface area contributed by atoms with Crippen molar-refractivity contribution in [3.63, 3.8) is 0 Å². The number of rotatable bonds is 2. The number of nitrogens with two attached hydrogens (primary N) is 1. The molecule has 0 unspecified atom stereocenters. The van der Waals surface area contributed by atoms with Crippen LogP contribution >= 0.6 is 11.3 Å². The number of carbonyl (C=O) groups is 1. The lowest BCUT2D eigenvalue weighted by Gasteiger charge is -2.33. The third-order valence-corrected chi connectivity index (χ3v) is 3.69. The zero-order valence-corrected chi connectivity index (χ0v) is 10.2. The third kappa shape index (κ3) is 2.33. The first-order valence-corrected chi connectivity index (χ1v) is 6.23. The van der Waals surface area contributed by atoms with Crippen molar-refractivity contribution in [1.82, 2.24) is 9.88 Å². The van der Waals surface area contributed by atoms with Gasteiger partial charge >= 0.3 is 0 Å². The van der Waals surface area contributed by atoms with E-state index in [-0.39, 0.29) is 5.91 Å². The number of anilines is 1. The Morgan fingerprint density at radius 3 is 2.69 bits per heavy atom. The van der Waals surface area contributed by atoms with E-state index in [9.17, 15) is 4.79 Å². The molecule has 1 amide bonds. The molecule has 2 heterocycles. The second-order valence-electron chi connectivity index (χ2n) is 3.82. The van der Waals surface area contributed by atoms with E-state index in [1.165, 1.54) is 0 Å². The Balaban J connectivity index is 1.96. The lowest BCUT2D eigenvalue weighted by molar-refractivity contribution is -0.129. The summed E-state index contributed by atoms with van der Waals surface area (Å²) in [6.07, 6.45) is 0. The zero-order chi connectivity index (χ0) is 11.5. The molecule has 5 nitrogen and oxygen atoms in total. The second-order valence-corrected chi connectivity index (χ2v) is 4.66. The fourth-order valence-corrected chi connectivity index (χ4v) is 2.64. The Labute approximate surface area is 98.9 Å². The standard InChI is InChI=1S/C10H16N4OS/c1-8(15)13-2-4-14(5-3-13)10-12-9(6-11)7-16-10/h7H,2-6,11H2,1H3. The van der Waals surface area contributed by atoms with Crippen LogP contribution in [0, 0.1) is 0 Å². The zero-order valence-electron chi connectivity index (χ0n) is 9.35. The highest BCUT2D eigenvalue weighted by Gasteiger charge is 2.20. The van der Waals surface area contributed by atoms with Gasteiger partial charge in [0.25, 0.3) is 0 Å². The highest BCUT2D eigenvalue weighted by atomic mass is 32.1. The van der Waals surface area contributed by atoms with Gasteiger partial charge in [-0.1, -0.05) is 0 Å². The number of thiazole rings is 1. The summed E-state index contributed by atoms with van der Waals surface area (Å²) in [4.78, 5) is 19.7. The number of amides is 1. The number of hydrogen-bond acceptors (Lipinski definition) is 5. The summed E-state index contributed by atoms with van der Waals surface area (Å²) in [6.45, 7) is 5.39. The van der Waals surface area contributed by atoms with Gasteiger partial charge < -0.3 is 15.5 Å². The van der Waals surface area contributed by atoms with E-state index in [0.717, 1.165) is 37.0 Å². The first-order chi connectivity index (χ1) is 7.70. The third-order valence-electron chi connectivity index (χ3n) is 2.74. The first-order valence-electron chi connectivity index (χ1n) is 5.35. The summed E-state index contributed by atoms with van der Waals surface area (Å²) in [7, 11) is 0. The molecule has 16 heavy (non-hydrogen) atoms. The Hall–Kier alpha value is -1.14. The molecule has 0 atom stereocenters. The minimum Gasteiger partial charge on any atom is -0.345 e. The molecule has 1 fully saturated rings. The van der Waals surface area contributed by atoms with Gasteiger partial charge in [0.1, 0.15) is 0 Å². The summed E-state index contributed by atoms with van der Waals surface area (Å²) >= 11 is 1.62. The molecule has 0 radical (unpaired) electrons. The van der Waals surface area contributed by atoms with Gasteiger partial charge in [0, 0.05) is 45.0 Å². The average Bonchev–Trinajstić information content (AvgIpc) is 2.77. The van der Waals surface area contributed by atoms with Gasteiger partial charge in [-0.3, -0.25) is 4.79 Å². The fourth-order valence-electron chi connectivity index (χ4n) is 1.75. The van der Waals surface area contributed by atoms with Crippen LogP contribution in [0.15, 0.2) is 5.38 Å². The number of piperazine rings is 1. The van der Waals surface area contributed by atoms with Gasteiger partial charge in [0.05, 0.1) is 5.69 Å². The fraction of sp³-hybridized carbons (Fsp3) is 0.600. The van der Waals surface area contributed by atoms with E-state index >= 15 is 0 Å². The minimum absolute atomic E-state index is 0.154. The van der Waals surface area contributed by atoms with Crippen LogP contribution < -0.4 is 10.6 Å². The quantitative estimate of drug-likeness (QED) is 0.806. The SMILES string of the molecule is CC(=O)N1CCN(c2nc(CN)cs2)CC1. The van der Waals surface area contributed by atoms with E-state index in [2.05, 4.69) is 9.88 Å². The predicted molar refractivity (Wildman–Crippen MR) is 64.5 cm³/mol. The molecular formula is C10H16N4OS. The molecule has 1 aliphatic rings. The Morgan fingerprint density at radius 1 is 1.50 bits per heavy atom. The van der Waals surface area contributed by atoms with Crippen LogP contribution in [0.3, 0.4) is 0 Å². The Bertz CT molecular complexity index is 371. The van der Waals surface area contributed by atoms with E-state index in [1.54, 1.807) is 18.3 Å². The molecule has 88 valence electrons. The van der Waals surface area contributed by atoms with Crippen molar-refractivity contribution in [1.29, 1.82) is 0 Å². The van der Waals surface area contributed by atoms with Gasteiger partial charge in [-0.25, -0.2) is 4.98 Å². The van der Waals surface area contributed by atoms with E-state index in [1.807, 2.05) is 10.3 Å². The molecule has 1 aliphatic heterocycles. The van der Waals surface area contributed by atoms with Gasteiger partial charge in [-0.05, 0) is 0 Å². The summed E-state index contributed by atoms with van der Waals surface area (Å²) in [5.74, 6) is 0.154. The van der Waals surface area contributed by atoms with Crippen LogP contribution in [-0.4, -0.2) is 42.0 Å². The lowest BCUT2D eigenvalue weighted by Crippen LogP contribution is -2.48. The molecule has 0 aromatic carbocycles. The summed E-state index contributed by atoms with van der Waals surface area (Å²) < 4.78 is 0. The van der Waals surface area contributed by atoms with E-state index < -0.39 is 0 Å². The molecule has 0 spiro atoms. The molecular weight excluding hydrogens is 224 g/mol. The molecule has 0 aliphatic carbocycles. The van der Waals surface area contributed by atoms with Crippen molar-refractivity contribution in [2.75, 3.05) is 31.1 Å². The minimum atomic E-state index is 0.154. The summed E-state index contributed by atoms with van der Waals surface area (Å²) in [5.41, 5.74) is 6.47. The van der Waals surface area contributed by atoms with Crippen molar-refractivity contribution >= 4 is 22.4 Å². The highest BCUT2D eigenvalue weighted by Crippen LogP contribution is 2.21. The highest BCUT2D eigenvalue weighted by molar-refractivity contribution is 7.13. The van der Waals surface area contributed by atoms with Crippen LogP contribution in [0.2, 0.25) is 0 Å². The van der Waals surface area contributed by atoms with Crippen LogP contribution in [0.1, 0.15) is 12.6 Å².